The number of nitro groups is 1. The van der Waals surface area contributed by atoms with Crippen molar-refractivity contribution >= 4 is 39.3 Å². The molecule has 0 saturated heterocycles. The van der Waals surface area contributed by atoms with E-state index in [2.05, 4.69) is 20.9 Å². The minimum atomic E-state index is -1.03. The second-order valence-electron chi connectivity index (χ2n) is 4.12. The maximum atomic E-state index is 11.1. The van der Waals surface area contributed by atoms with Crippen LogP contribution >= 0.6 is 27.7 Å². The Labute approximate surface area is 132 Å². The number of halogens is 1. The molecule has 1 heterocycles. The van der Waals surface area contributed by atoms with Gasteiger partial charge in [0.2, 0.25) is 0 Å². The third-order valence-corrected chi connectivity index (χ3v) is 4.08. The molecular weight excluding hydrogens is 360 g/mol. The molecule has 0 bridgehead atoms. The largest absolute Gasteiger partial charge is 0.478 e. The van der Waals surface area contributed by atoms with E-state index in [1.807, 2.05) is 0 Å². The van der Waals surface area contributed by atoms with Crippen molar-refractivity contribution in [2.24, 2.45) is 0 Å². The molecule has 1 N–H and O–H groups in total. The first-order valence-electron chi connectivity index (χ1n) is 5.70. The zero-order chi connectivity index (χ0) is 15.6. The average molecular weight is 369 g/mol. The van der Waals surface area contributed by atoms with Crippen LogP contribution in [0.2, 0.25) is 0 Å². The molecule has 1 aromatic carbocycles. The molecule has 0 atom stereocenters. The van der Waals surface area contributed by atoms with Gasteiger partial charge in [-0.15, -0.1) is 0 Å². The summed E-state index contributed by atoms with van der Waals surface area (Å²) in [5.74, 6) is -1.03. The number of aromatic nitrogens is 1. The molecule has 2 rings (SSSR count). The molecule has 6 nitrogen and oxygen atoms in total. The van der Waals surface area contributed by atoms with Crippen molar-refractivity contribution in [2.45, 2.75) is 16.8 Å². The normalized spacial score (nSPS) is 10.4. The third kappa shape index (κ3) is 3.59. The number of aryl methyl sites for hydroxylation is 1. The van der Waals surface area contributed by atoms with Gasteiger partial charge in [0.1, 0.15) is 0 Å². The molecule has 108 valence electrons. The Morgan fingerprint density at radius 2 is 2.14 bits per heavy atom. The number of hydrogen-bond donors (Lipinski definition) is 1. The lowest BCUT2D eigenvalue weighted by atomic mass is 10.1. The van der Waals surface area contributed by atoms with E-state index in [0.29, 0.717) is 14.9 Å². The molecule has 1 aromatic heterocycles. The molecule has 0 spiro atoms. The molecule has 8 heteroatoms. The van der Waals surface area contributed by atoms with Crippen LogP contribution in [-0.4, -0.2) is 21.0 Å². The summed E-state index contributed by atoms with van der Waals surface area (Å²) in [5.41, 5.74) is 0.664. The van der Waals surface area contributed by atoms with E-state index in [-0.39, 0.29) is 16.3 Å². The molecule has 0 unspecified atom stereocenters. The summed E-state index contributed by atoms with van der Waals surface area (Å²) in [6.45, 7) is 1.69. The Morgan fingerprint density at radius 3 is 2.76 bits per heavy atom. The fourth-order valence-electron chi connectivity index (χ4n) is 1.63. The minimum Gasteiger partial charge on any atom is -0.478 e. The number of carboxylic acid groups (broad SMARTS) is 1. The monoisotopic (exact) mass is 368 g/mol. The number of pyridine rings is 1. The smallest absolute Gasteiger partial charge is 0.335 e. The number of carboxylic acids is 1. The van der Waals surface area contributed by atoms with Crippen LogP contribution in [-0.2, 0) is 0 Å². The second-order valence-corrected chi connectivity index (χ2v) is 6.10. The van der Waals surface area contributed by atoms with Crippen LogP contribution in [0.3, 0.4) is 0 Å². The highest BCUT2D eigenvalue weighted by molar-refractivity contribution is 9.10. The van der Waals surface area contributed by atoms with Crippen LogP contribution in [0.15, 0.2) is 44.9 Å². The van der Waals surface area contributed by atoms with Crippen LogP contribution < -0.4 is 0 Å². The number of aromatic carboxylic acids is 1. The number of hydrogen-bond acceptors (Lipinski definition) is 5. The van der Waals surface area contributed by atoms with E-state index in [1.54, 1.807) is 19.1 Å². The molecule has 0 aliphatic heterocycles. The predicted molar refractivity (Wildman–Crippen MR) is 80.9 cm³/mol. The van der Waals surface area contributed by atoms with Gasteiger partial charge in [0.15, 0.2) is 5.03 Å². The van der Waals surface area contributed by atoms with Gasteiger partial charge in [-0.2, -0.15) is 0 Å². The van der Waals surface area contributed by atoms with Crippen LogP contribution in [0, 0.1) is 17.0 Å². The lowest BCUT2D eigenvalue weighted by Gasteiger charge is -2.05. The van der Waals surface area contributed by atoms with Crippen molar-refractivity contribution in [3.05, 3.63) is 56.2 Å². The molecule has 0 aliphatic rings. The summed E-state index contributed by atoms with van der Waals surface area (Å²) < 4.78 is 0.508. The molecular formula is C13H9BrN2O4S. The number of carbonyl (C=O) groups is 1. The van der Waals surface area contributed by atoms with E-state index in [9.17, 15) is 14.9 Å². The topological polar surface area (TPSA) is 93.3 Å². The summed E-state index contributed by atoms with van der Waals surface area (Å²) in [7, 11) is 0. The first-order chi connectivity index (χ1) is 9.88. The van der Waals surface area contributed by atoms with Crippen molar-refractivity contribution in [1.29, 1.82) is 0 Å². The summed E-state index contributed by atoms with van der Waals surface area (Å²) >= 11 is 4.19. The Hall–Kier alpha value is -1.93. The van der Waals surface area contributed by atoms with Gasteiger partial charge in [0.05, 0.1) is 10.5 Å². The Morgan fingerprint density at radius 1 is 1.43 bits per heavy atom. The second kappa shape index (κ2) is 6.23. The third-order valence-electron chi connectivity index (χ3n) is 2.65. The van der Waals surface area contributed by atoms with Crippen LogP contribution in [0.4, 0.5) is 5.69 Å². The van der Waals surface area contributed by atoms with Crippen LogP contribution in [0.1, 0.15) is 15.9 Å². The maximum absolute atomic E-state index is 11.1. The number of rotatable bonds is 4. The van der Waals surface area contributed by atoms with Gasteiger partial charge >= 0.3 is 11.7 Å². The predicted octanol–water partition coefficient (Wildman–Crippen LogP) is 3.91. The van der Waals surface area contributed by atoms with Gasteiger partial charge in [-0.3, -0.25) is 10.1 Å². The van der Waals surface area contributed by atoms with E-state index in [0.717, 1.165) is 11.8 Å². The highest BCUT2D eigenvalue weighted by Crippen LogP contribution is 2.35. The summed E-state index contributed by atoms with van der Waals surface area (Å²) in [4.78, 5) is 26.2. The average Bonchev–Trinajstić information content (AvgIpc) is 2.42. The van der Waals surface area contributed by atoms with Crippen molar-refractivity contribution in [1.82, 2.24) is 4.98 Å². The summed E-state index contributed by atoms with van der Waals surface area (Å²) in [5, 5.41) is 20.3. The summed E-state index contributed by atoms with van der Waals surface area (Å²) in [6.07, 6.45) is 1.46. The van der Waals surface area contributed by atoms with E-state index in [4.69, 9.17) is 5.11 Å². The Balaban J connectivity index is 2.41. The highest BCUT2D eigenvalue weighted by Gasteiger charge is 2.18. The van der Waals surface area contributed by atoms with E-state index < -0.39 is 10.9 Å². The molecule has 0 saturated carbocycles. The molecule has 0 fully saturated rings. The van der Waals surface area contributed by atoms with Crippen molar-refractivity contribution in [3.63, 3.8) is 0 Å². The zero-order valence-corrected chi connectivity index (χ0v) is 13.1. The van der Waals surface area contributed by atoms with Gasteiger partial charge in [-0.25, -0.2) is 9.78 Å². The van der Waals surface area contributed by atoms with Crippen LogP contribution in [0.25, 0.3) is 0 Å². The number of benzene rings is 1. The van der Waals surface area contributed by atoms with Gasteiger partial charge in [-0.05, 0) is 40.5 Å². The quantitative estimate of drug-likeness (QED) is 0.649. The Kier molecular flexibility index (Phi) is 4.59. The van der Waals surface area contributed by atoms with Gasteiger partial charge in [0.25, 0.3) is 0 Å². The Bertz CT molecular complexity index is 736. The maximum Gasteiger partial charge on any atom is 0.335 e. The highest BCUT2D eigenvalue weighted by atomic mass is 79.9. The summed E-state index contributed by atoms with van der Waals surface area (Å²) in [6, 6.07) is 6.22. The lowest BCUT2D eigenvalue weighted by Crippen LogP contribution is -1.99. The lowest BCUT2D eigenvalue weighted by molar-refractivity contribution is -0.388. The van der Waals surface area contributed by atoms with Crippen molar-refractivity contribution in [2.75, 3.05) is 0 Å². The fraction of sp³-hybridized carbons (Fsp3) is 0.0769. The van der Waals surface area contributed by atoms with Crippen molar-refractivity contribution < 1.29 is 14.8 Å². The van der Waals surface area contributed by atoms with Gasteiger partial charge < -0.3 is 5.11 Å². The number of nitrogens with zero attached hydrogens (tertiary/aromatic N) is 2. The minimum absolute atomic E-state index is 0.133. The zero-order valence-electron chi connectivity index (χ0n) is 10.7. The molecule has 0 aliphatic carbocycles. The van der Waals surface area contributed by atoms with Crippen LogP contribution in [0.5, 0.6) is 0 Å². The van der Waals surface area contributed by atoms with E-state index >= 15 is 0 Å². The first kappa shape index (κ1) is 15.5. The van der Waals surface area contributed by atoms with Crippen molar-refractivity contribution in [3.8, 4) is 0 Å². The SMILES string of the molecule is Cc1ccc(Sc2ncc(Br)cc2[N+](=O)[O-])cc1C(=O)O. The molecule has 0 radical (unpaired) electrons. The molecule has 2 aromatic rings. The standard InChI is InChI=1S/C13H9BrN2O4S/c1-7-2-3-9(5-10(7)13(17)18)21-12-11(16(19)20)4-8(14)6-15-12/h2-6H,1H3,(H,17,18). The van der Waals surface area contributed by atoms with E-state index in [1.165, 1.54) is 18.3 Å². The van der Waals surface area contributed by atoms with Gasteiger partial charge in [-0.1, -0.05) is 17.8 Å². The first-order valence-corrected chi connectivity index (χ1v) is 7.31. The fourth-order valence-corrected chi connectivity index (χ4v) is 2.83. The molecule has 0 amide bonds. The molecule has 21 heavy (non-hydrogen) atoms. The van der Waals surface area contributed by atoms with Gasteiger partial charge in [0, 0.05) is 21.6 Å².